The van der Waals surface area contributed by atoms with E-state index in [0.717, 1.165) is 42.3 Å². The smallest absolute Gasteiger partial charge is 0.229 e. The average Bonchev–Trinajstić information content (AvgIpc) is 3.05. The minimum Gasteiger partial charge on any atom is -0.432 e. The average molecular weight is 413 g/mol. The maximum absolute atomic E-state index is 9.98. The van der Waals surface area contributed by atoms with Gasteiger partial charge in [0, 0.05) is 18.8 Å². The van der Waals surface area contributed by atoms with E-state index in [1.54, 1.807) is 20.2 Å². The van der Waals surface area contributed by atoms with Gasteiger partial charge in [0.2, 0.25) is 5.71 Å². The number of aromatic nitrogens is 3. The highest BCUT2D eigenvalue weighted by Gasteiger charge is 2.26. The molecule has 3 aromatic heterocycles. The molecule has 1 aliphatic rings. The molecule has 4 rings (SSSR count). The van der Waals surface area contributed by atoms with E-state index < -0.39 is 12.2 Å². The molecule has 2 N–H and O–H groups in total. The van der Waals surface area contributed by atoms with Crippen LogP contribution in [0.2, 0.25) is 0 Å². The van der Waals surface area contributed by atoms with Crippen LogP contribution >= 0.6 is 0 Å². The van der Waals surface area contributed by atoms with Crippen molar-refractivity contribution >= 4 is 28.0 Å². The third-order valence-electron chi connectivity index (χ3n) is 5.66. The molecule has 0 aromatic carbocycles. The molecule has 0 bridgehead atoms. The minimum absolute atomic E-state index is 0.345. The fraction of sp³-hybridized carbons (Fsp3) is 0.609. The van der Waals surface area contributed by atoms with Crippen LogP contribution in [0.25, 0.3) is 22.2 Å². The molecule has 0 saturated carbocycles. The molecule has 7 nitrogen and oxygen atoms in total. The van der Waals surface area contributed by atoms with Gasteiger partial charge in [-0.2, -0.15) is 0 Å². The molecule has 30 heavy (non-hydrogen) atoms. The second-order valence-electron chi connectivity index (χ2n) is 9.08. The number of furan rings is 1. The monoisotopic (exact) mass is 412 g/mol. The molecule has 2 atom stereocenters. The van der Waals surface area contributed by atoms with Crippen LogP contribution in [0, 0.1) is 5.92 Å². The minimum atomic E-state index is -0.568. The number of hydrogen-bond donors (Lipinski definition) is 2. The lowest BCUT2D eigenvalue weighted by molar-refractivity contribution is 0.178. The maximum atomic E-state index is 9.98. The Hall–Kier alpha value is -2.25. The van der Waals surface area contributed by atoms with Crippen LogP contribution in [-0.2, 0) is 19.3 Å². The van der Waals surface area contributed by atoms with Crippen LogP contribution in [0.3, 0.4) is 0 Å². The van der Waals surface area contributed by atoms with E-state index in [2.05, 4.69) is 23.8 Å². The summed E-state index contributed by atoms with van der Waals surface area (Å²) < 4.78 is 6.27. The molecule has 3 heterocycles. The Kier molecular flexibility index (Phi) is 5.93. The molecule has 0 amide bonds. The summed E-state index contributed by atoms with van der Waals surface area (Å²) in [5.41, 5.74) is 5.81. The third-order valence-corrected chi connectivity index (χ3v) is 5.66. The predicted octanol–water partition coefficient (Wildman–Crippen LogP) is 3.42. The van der Waals surface area contributed by atoms with Crippen molar-refractivity contribution in [3.05, 3.63) is 23.1 Å². The normalized spacial score (nSPS) is 16.2. The SMILES string of the molecule is CC(C)Cc1nc2oc3c(N(C[C@H](C)O)C[C@@H](C)O)ncnc3c2c2c1CCCC2. The Balaban J connectivity index is 1.93. The van der Waals surface area contributed by atoms with Crippen molar-refractivity contribution in [2.75, 3.05) is 18.0 Å². The first kappa shape index (κ1) is 21.0. The number of anilines is 1. The molecule has 3 aromatic rings. The molecule has 7 heteroatoms. The van der Waals surface area contributed by atoms with Crippen molar-refractivity contribution in [3.8, 4) is 0 Å². The highest BCUT2D eigenvalue weighted by Crippen LogP contribution is 2.38. The zero-order chi connectivity index (χ0) is 21.4. The molecule has 0 fully saturated rings. The first-order valence-corrected chi connectivity index (χ1v) is 11.0. The van der Waals surface area contributed by atoms with Gasteiger partial charge in [-0.3, -0.25) is 0 Å². The van der Waals surface area contributed by atoms with Gasteiger partial charge in [0.05, 0.1) is 17.6 Å². The molecule has 0 aliphatic heterocycles. The van der Waals surface area contributed by atoms with E-state index in [-0.39, 0.29) is 0 Å². The standard InChI is InChI=1S/C23H32N4O3/c1-13(2)9-18-16-7-5-6-8-17(16)19-20-21(30-23(19)26-18)22(25-12-24-20)27(10-14(3)28)11-15(4)29/h12-15,28-29H,5-11H2,1-4H3/t14-,15+. The van der Waals surface area contributed by atoms with Gasteiger partial charge in [0.15, 0.2) is 11.4 Å². The van der Waals surface area contributed by atoms with Crippen molar-refractivity contribution in [1.29, 1.82) is 0 Å². The van der Waals surface area contributed by atoms with Gasteiger partial charge in [-0.25, -0.2) is 15.0 Å². The summed E-state index contributed by atoms with van der Waals surface area (Å²) in [6.07, 6.45) is 5.76. The second kappa shape index (κ2) is 8.47. The summed E-state index contributed by atoms with van der Waals surface area (Å²) in [6, 6.07) is 0. The van der Waals surface area contributed by atoms with E-state index in [4.69, 9.17) is 9.40 Å². The van der Waals surface area contributed by atoms with Crippen molar-refractivity contribution < 1.29 is 14.6 Å². The number of aliphatic hydroxyl groups is 2. The molecular formula is C23H32N4O3. The summed E-state index contributed by atoms with van der Waals surface area (Å²) in [5.74, 6) is 1.11. The van der Waals surface area contributed by atoms with Gasteiger partial charge >= 0.3 is 0 Å². The van der Waals surface area contributed by atoms with E-state index >= 15 is 0 Å². The molecular weight excluding hydrogens is 380 g/mol. The first-order chi connectivity index (χ1) is 14.3. The van der Waals surface area contributed by atoms with Crippen molar-refractivity contribution in [3.63, 3.8) is 0 Å². The first-order valence-electron chi connectivity index (χ1n) is 11.0. The largest absolute Gasteiger partial charge is 0.432 e. The van der Waals surface area contributed by atoms with E-state index in [1.807, 2.05) is 4.90 Å². The number of aryl methyl sites for hydroxylation is 1. The number of nitrogens with zero attached hydrogens (tertiary/aromatic N) is 4. The number of fused-ring (bicyclic) bond motifs is 5. The van der Waals surface area contributed by atoms with E-state index in [0.29, 0.717) is 36.1 Å². The lowest BCUT2D eigenvalue weighted by atomic mass is 9.87. The van der Waals surface area contributed by atoms with Gasteiger partial charge in [0.25, 0.3) is 0 Å². The summed E-state index contributed by atoms with van der Waals surface area (Å²) in [5, 5.41) is 21.0. The van der Waals surface area contributed by atoms with Gasteiger partial charge in [0.1, 0.15) is 11.8 Å². The van der Waals surface area contributed by atoms with Crippen LogP contribution in [0.4, 0.5) is 5.82 Å². The summed E-state index contributed by atoms with van der Waals surface area (Å²) in [4.78, 5) is 15.8. The lowest BCUT2D eigenvalue weighted by Gasteiger charge is -2.26. The van der Waals surface area contributed by atoms with Gasteiger partial charge in [-0.15, -0.1) is 0 Å². The van der Waals surface area contributed by atoms with Crippen LogP contribution in [0.1, 0.15) is 57.4 Å². The summed E-state index contributed by atoms with van der Waals surface area (Å²) in [7, 11) is 0. The zero-order valence-electron chi connectivity index (χ0n) is 18.4. The molecule has 0 unspecified atom stereocenters. The van der Waals surface area contributed by atoms with Gasteiger partial charge in [-0.1, -0.05) is 13.8 Å². The van der Waals surface area contributed by atoms with E-state index in [1.165, 1.54) is 17.5 Å². The van der Waals surface area contributed by atoms with Crippen molar-refractivity contribution in [2.24, 2.45) is 5.92 Å². The summed E-state index contributed by atoms with van der Waals surface area (Å²) >= 11 is 0. The van der Waals surface area contributed by atoms with Gasteiger partial charge < -0.3 is 19.5 Å². The quantitative estimate of drug-likeness (QED) is 0.614. The van der Waals surface area contributed by atoms with Crippen LogP contribution in [0.5, 0.6) is 0 Å². The molecule has 0 spiro atoms. The lowest BCUT2D eigenvalue weighted by Crippen LogP contribution is -2.37. The van der Waals surface area contributed by atoms with E-state index in [9.17, 15) is 10.2 Å². The fourth-order valence-electron chi connectivity index (χ4n) is 4.59. The molecule has 0 radical (unpaired) electrons. The zero-order valence-corrected chi connectivity index (χ0v) is 18.4. The number of aliphatic hydroxyl groups excluding tert-OH is 2. The number of rotatable bonds is 7. The highest BCUT2D eigenvalue weighted by molar-refractivity contribution is 6.06. The Morgan fingerprint density at radius 1 is 1.00 bits per heavy atom. The van der Waals surface area contributed by atoms with Crippen LogP contribution < -0.4 is 4.90 Å². The van der Waals surface area contributed by atoms with Crippen molar-refractivity contribution in [2.45, 2.75) is 72.0 Å². The molecule has 1 aliphatic carbocycles. The topological polar surface area (TPSA) is 95.5 Å². The van der Waals surface area contributed by atoms with Crippen molar-refractivity contribution in [1.82, 2.24) is 15.0 Å². The second-order valence-corrected chi connectivity index (χ2v) is 9.08. The highest BCUT2D eigenvalue weighted by atomic mass is 16.3. The number of hydrogen-bond acceptors (Lipinski definition) is 7. The Morgan fingerprint density at radius 2 is 1.67 bits per heavy atom. The summed E-state index contributed by atoms with van der Waals surface area (Å²) in [6.45, 7) is 8.57. The number of pyridine rings is 1. The predicted molar refractivity (Wildman–Crippen MR) is 118 cm³/mol. The Labute approximate surface area is 177 Å². The molecule has 0 saturated heterocycles. The maximum Gasteiger partial charge on any atom is 0.229 e. The van der Waals surface area contributed by atoms with Crippen LogP contribution in [-0.4, -0.2) is 50.5 Å². The Bertz CT molecular complexity index is 1030. The van der Waals surface area contributed by atoms with Crippen LogP contribution in [0.15, 0.2) is 10.7 Å². The molecule has 162 valence electrons. The third kappa shape index (κ3) is 4.01. The Morgan fingerprint density at radius 3 is 2.30 bits per heavy atom. The van der Waals surface area contributed by atoms with Gasteiger partial charge in [-0.05, 0) is 63.0 Å². The fourth-order valence-corrected chi connectivity index (χ4v) is 4.59.